The first-order valence-electron chi connectivity index (χ1n) is 9.13. The second kappa shape index (κ2) is 9.64. The van der Waals surface area contributed by atoms with Gasteiger partial charge in [0.05, 0.1) is 25.6 Å². The van der Waals surface area contributed by atoms with E-state index in [1.807, 2.05) is 0 Å². The zero-order chi connectivity index (χ0) is 22.6. The third kappa shape index (κ3) is 5.52. The highest BCUT2D eigenvalue weighted by molar-refractivity contribution is 7.93. The smallest absolute Gasteiger partial charge is 0.268 e. The van der Waals surface area contributed by atoms with Crippen molar-refractivity contribution in [3.05, 3.63) is 76.2 Å². The molecule has 0 aliphatic rings. The zero-order valence-electron chi connectivity index (χ0n) is 16.8. The first-order chi connectivity index (χ1) is 14.7. The van der Waals surface area contributed by atoms with Crippen LogP contribution in [-0.2, 0) is 21.4 Å². The van der Waals surface area contributed by atoms with E-state index in [9.17, 15) is 13.2 Å². The second-order valence-electron chi connectivity index (χ2n) is 6.65. The monoisotopic (exact) mass is 482 g/mol. The van der Waals surface area contributed by atoms with Gasteiger partial charge in [0.25, 0.3) is 10.0 Å². The summed E-state index contributed by atoms with van der Waals surface area (Å²) in [6.07, 6.45) is 1.48. The van der Waals surface area contributed by atoms with Crippen LogP contribution in [0.5, 0.6) is 5.75 Å². The molecule has 0 spiro atoms. The number of benzene rings is 2. The number of halogens is 2. The van der Waals surface area contributed by atoms with Crippen molar-refractivity contribution in [1.82, 2.24) is 5.32 Å². The van der Waals surface area contributed by atoms with Crippen LogP contribution in [0.1, 0.15) is 11.3 Å². The standard InChI is InChI=1S/C21H20Cl2N2O5S/c1-14-5-6-19(29-2)20(8-14)31(27,28)25(17-10-15(22)9-16(23)11-17)13-21(26)24-12-18-4-3-7-30-18/h3-11H,12-13H2,1-2H3,(H,24,26). The van der Waals surface area contributed by atoms with Crippen LogP contribution in [0.4, 0.5) is 5.69 Å². The fourth-order valence-electron chi connectivity index (χ4n) is 2.89. The van der Waals surface area contributed by atoms with Gasteiger partial charge in [-0.25, -0.2) is 8.42 Å². The molecule has 0 atom stereocenters. The van der Waals surface area contributed by atoms with Gasteiger partial charge in [-0.05, 0) is 55.0 Å². The molecule has 2 aromatic carbocycles. The van der Waals surface area contributed by atoms with Gasteiger partial charge in [0, 0.05) is 10.0 Å². The zero-order valence-corrected chi connectivity index (χ0v) is 19.1. The predicted molar refractivity (Wildman–Crippen MR) is 119 cm³/mol. The average molecular weight is 483 g/mol. The average Bonchev–Trinajstić information content (AvgIpc) is 3.23. The van der Waals surface area contributed by atoms with E-state index < -0.39 is 22.5 Å². The van der Waals surface area contributed by atoms with E-state index >= 15 is 0 Å². The van der Waals surface area contributed by atoms with Gasteiger partial charge in [0.2, 0.25) is 5.91 Å². The van der Waals surface area contributed by atoms with Gasteiger partial charge in [-0.1, -0.05) is 29.3 Å². The van der Waals surface area contributed by atoms with Gasteiger partial charge in [0.1, 0.15) is 22.9 Å². The van der Waals surface area contributed by atoms with Crippen molar-refractivity contribution in [2.45, 2.75) is 18.4 Å². The van der Waals surface area contributed by atoms with E-state index in [1.54, 1.807) is 31.2 Å². The van der Waals surface area contributed by atoms with Crippen LogP contribution >= 0.6 is 23.2 Å². The van der Waals surface area contributed by atoms with Crippen molar-refractivity contribution in [2.24, 2.45) is 0 Å². The molecule has 0 bridgehead atoms. The molecule has 164 valence electrons. The Kier molecular flexibility index (Phi) is 7.15. The molecule has 0 aliphatic carbocycles. The normalized spacial score (nSPS) is 11.2. The molecule has 1 N–H and O–H groups in total. The molecule has 0 saturated heterocycles. The number of nitrogens with zero attached hydrogens (tertiary/aromatic N) is 1. The van der Waals surface area contributed by atoms with Gasteiger partial charge in [0.15, 0.2) is 0 Å². The molecular weight excluding hydrogens is 463 g/mol. The minimum absolute atomic E-state index is 0.0788. The van der Waals surface area contributed by atoms with Crippen LogP contribution in [0.2, 0.25) is 10.0 Å². The molecule has 1 amide bonds. The van der Waals surface area contributed by atoms with E-state index in [1.165, 1.54) is 37.6 Å². The molecule has 0 fully saturated rings. The Bertz CT molecular complexity index is 1160. The number of carbonyl (C=O) groups excluding carboxylic acids is 1. The number of amides is 1. The van der Waals surface area contributed by atoms with Gasteiger partial charge < -0.3 is 14.5 Å². The van der Waals surface area contributed by atoms with E-state index in [2.05, 4.69) is 5.32 Å². The predicted octanol–water partition coefficient (Wildman–Crippen LogP) is 4.42. The summed E-state index contributed by atoms with van der Waals surface area (Å²) in [5.74, 6) is 0.149. The van der Waals surface area contributed by atoms with Crippen LogP contribution in [0, 0.1) is 6.92 Å². The molecule has 0 unspecified atom stereocenters. The molecule has 3 rings (SSSR count). The highest BCUT2D eigenvalue weighted by atomic mass is 35.5. The number of methoxy groups -OCH3 is 1. The summed E-state index contributed by atoms with van der Waals surface area (Å²) in [5.41, 5.74) is 0.861. The molecule has 7 nitrogen and oxygen atoms in total. The summed E-state index contributed by atoms with van der Waals surface area (Å²) in [4.78, 5) is 12.6. The van der Waals surface area contributed by atoms with Crippen LogP contribution in [0.15, 0.2) is 64.1 Å². The summed E-state index contributed by atoms with van der Waals surface area (Å²) in [6, 6.07) is 12.5. The number of rotatable bonds is 8. The Hall–Kier alpha value is -2.68. The fraction of sp³-hybridized carbons (Fsp3) is 0.190. The van der Waals surface area contributed by atoms with Crippen LogP contribution in [0.25, 0.3) is 0 Å². The first kappa shape index (κ1) is 23.0. The van der Waals surface area contributed by atoms with E-state index in [4.69, 9.17) is 32.4 Å². The molecule has 1 aromatic heterocycles. The minimum atomic E-state index is -4.21. The molecule has 0 aliphatic heterocycles. The van der Waals surface area contributed by atoms with Crippen molar-refractivity contribution < 1.29 is 22.4 Å². The minimum Gasteiger partial charge on any atom is -0.495 e. The summed E-state index contributed by atoms with van der Waals surface area (Å²) < 4.78 is 38.6. The number of furan rings is 1. The fourth-order valence-corrected chi connectivity index (χ4v) is 5.05. The molecular formula is C21H20Cl2N2O5S. The third-order valence-corrected chi connectivity index (χ3v) is 6.58. The first-order valence-corrected chi connectivity index (χ1v) is 11.3. The summed E-state index contributed by atoms with van der Waals surface area (Å²) in [6.45, 7) is 1.37. The number of hydrogen-bond donors (Lipinski definition) is 1. The van der Waals surface area contributed by atoms with Crippen molar-refractivity contribution in [2.75, 3.05) is 18.0 Å². The number of anilines is 1. The van der Waals surface area contributed by atoms with Gasteiger partial charge >= 0.3 is 0 Å². The summed E-state index contributed by atoms with van der Waals surface area (Å²) in [5, 5.41) is 3.10. The maximum atomic E-state index is 13.6. The quantitative estimate of drug-likeness (QED) is 0.513. The van der Waals surface area contributed by atoms with Gasteiger partial charge in [-0.3, -0.25) is 9.10 Å². The number of sulfonamides is 1. The Morgan fingerprint density at radius 3 is 2.45 bits per heavy atom. The molecule has 3 aromatic rings. The lowest BCUT2D eigenvalue weighted by Crippen LogP contribution is -2.40. The van der Waals surface area contributed by atoms with E-state index in [0.717, 1.165) is 4.31 Å². The Balaban J connectivity index is 2.01. The number of ether oxygens (including phenoxy) is 1. The van der Waals surface area contributed by atoms with Gasteiger partial charge in [-0.15, -0.1) is 0 Å². The Labute approximate surface area is 190 Å². The SMILES string of the molecule is COc1ccc(C)cc1S(=O)(=O)N(CC(=O)NCc1ccco1)c1cc(Cl)cc(Cl)c1. The lowest BCUT2D eigenvalue weighted by Gasteiger charge is -2.25. The van der Waals surface area contributed by atoms with Crippen molar-refractivity contribution in [3.8, 4) is 5.75 Å². The number of nitrogens with one attached hydrogen (secondary N) is 1. The lowest BCUT2D eigenvalue weighted by molar-refractivity contribution is -0.119. The molecule has 0 saturated carbocycles. The molecule has 1 heterocycles. The van der Waals surface area contributed by atoms with Crippen LogP contribution in [-0.4, -0.2) is 28.0 Å². The molecule has 10 heteroatoms. The summed E-state index contributed by atoms with van der Waals surface area (Å²) in [7, 11) is -2.84. The van der Waals surface area contributed by atoms with Crippen molar-refractivity contribution in [1.29, 1.82) is 0 Å². The van der Waals surface area contributed by atoms with Crippen LogP contribution < -0.4 is 14.4 Å². The maximum absolute atomic E-state index is 13.6. The maximum Gasteiger partial charge on any atom is 0.268 e. The lowest BCUT2D eigenvalue weighted by atomic mass is 10.2. The Morgan fingerprint density at radius 2 is 1.84 bits per heavy atom. The summed E-state index contributed by atoms with van der Waals surface area (Å²) >= 11 is 12.2. The molecule has 0 radical (unpaired) electrons. The number of carbonyl (C=O) groups is 1. The van der Waals surface area contributed by atoms with Crippen LogP contribution in [0.3, 0.4) is 0 Å². The molecule has 31 heavy (non-hydrogen) atoms. The highest BCUT2D eigenvalue weighted by Crippen LogP contribution is 2.33. The van der Waals surface area contributed by atoms with Gasteiger partial charge in [-0.2, -0.15) is 0 Å². The third-order valence-electron chi connectivity index (χ3n) is 4.35. The highest BCUT2D eigenvalue weighted by Gasteiger charge is 2.30. The van der Waals surface area contributed by atoms with E-state index in [-0.39, 0.29) is 32.9 Å². The number of hydrogen-bond acceptors (Lipinski definition) is 5. The van der Waals surface area contributed by atoms with E-state index in [0.29, 0.717) is 11.3 Å². The second-order valence-corrected chi connectivity index (χ2v) is 9.35. The largest absolute Gasteiger partial charge is 0.495 e. The van der Waals surface area contributed by atoms with Crippen molar-refractivity contribution >= 4 is 44.8 Å². The Morgan fingerprint density at radius 1 is 1.13 bits per heavy atom. The topological polar surface area (TPSA) is 88.9 Å². The van der Waals surface area contributed by atoms with Crippen molar-refractivity contribution in [3.63, 3.8) is 0 Å². The number of aryl methyl sites for hydroxylation is 1.